The van der Waals surface area contributed by atoms with E-state index in [9.17, 15) is 4.79 Å². The van der Waals surface area contributed by atoms with Gasteiger partial charge in [0.2, 0.25) is 5.91 Å². The van der Waals surface area contributed by atoms with Crippen molar-refractivity contribution in [2.45, 2.75) is 63.8 Å². The van der Waals surface area contributed by atoms with Crippen LogP contribution < -0.4 is 11.1 Å². The van der Waals surface area contributed by atoms with Gasteiger partial charge in [0, 0.05) is 18.5 Å². The molecule has 0 aliphatic heterocycles. The molecule has 17 heavy (non-hydrogen) atoms. The molecule has 2 atom stereocenters. The average Bonchev–Trinajstić information content (AvgIpc) is 2.58. The summed E-state index contributed by atoms with van der Waals surface area (Å²) in [4.78, 5) is 12.1. The molecule has 2 saturated carbocycles. The zero-order valence-corrected chi connectivity index (χ0v) is 10.8. The van der Waals surface area contributed by atoms with Crippen LogP contribution in [0.2, 0.25) is 0 Å². The maximum atomic E-state index is 12.1. The lowest BCUT2D eigenvalue weighted by Crippen LogP contribution is -2.38. The first kappa shape index (κ1) is 12.9. The third-order valence-corrected chi connectivity index (χ3v) is 4.48. The van der Waals surface area contributed by atoms with Gasteiger partial charge < -0.3 is 11.1 Å². The molecule has 2 aliphatic rings. The van der Waals surface area contributed by atoms with Gasteiger partial charge in [0.25, 0.3) is 0 Å². The number of rotatable bonds is 3. The van der Waals surface area contributed by atoms with E-state index in [1.165, 1.54) is 38.5 Å². The molecule has 0 heterocycles. The van der Waals surface area contributed by atoms with E-state index in [2.05, 4.69) is 5.32 Å². The first-order chi connectivity index (χ1) is 8.27. The predicted octanol–water partition coefficient (Wildman–Crippen LogP) is 2.20. The maximum absolute atomic E-state index is 12.1. The molecule has 3 nitrogen and oxygen atoms in total. The summed E-state index contributed by atoms with van der Waals surface area (Å²) in [6.45, 7) is 0.802. The Morgan fingerprint density at radius 1 is 1.00 bits per heavy atom. The van der Waals surface area contributed by atoms with Crippen molar-refractivity contribution in [2.75, 3.05) is 6.54 Å². The van der Waals surface area contributed by atoms with Crippen LogP contribution in [0.1, 0.15) is 57.8 Å². The molecule has 0 aromatic carbocycles. The highest BCUT2D eigenvalue weighted by molar-refractivity contribution is 5.78. The zero-order chi connectivity index (χ0) is 12.1. The van der Waals surface area contributed by atoms with Crippen LogP contribution in [0.5, 0.6) is 0 Å². The van der Waals surface area contributed by atoms with Crippen molar-refractivity contribution in [1.29, 1.82) is 0 Å². The summed E-state index contributed by atoms with van der Waals surface area (Å²) in [5.74, 6) is 1.07. The van der Waals surface area contributed by atoms with Crippen molar-refractivity contribution in [2.24, 2.45) is 17.6 Å². The van der Waals surface area contributed by atoms with Crippen molar-refractivity contribution in [3.05, 3.63) is 0 Å². The number of hydrogen-bond acceptors (Lipinski definition) is 2. The number of nitrogens with two attached hydrogens (primary N) is 1. The van der Waals surface area contributed by atoms with Crippen LogP contribution in [-0.2, 0) is 4.79 Å². The van der Waals surface area contributed by atoms with Gasteiger partial charge in [-0.25, -0.2) is 0 Å². The molecule has 0 aromatic heterocycles. The smallest absolute Gasteiger partial charge is 0.223 e. The van der Waals surface area contributed by atoms with Crippen molar-refractivity contribution >= 4 is 5.91 Å². The molecule has 2 unspecified atom stereocenters. The van der Waals surface area contributed by atoms with Crippen molar-refractivity contribution in [3.8, 4) is 0 Å². The van der Waals surface area contributed by atoms with Crippen LogP contribution in [0.4, 0.5) is 0 Å². The molecule has 2 fully saturated rings. The minimum absolute atomic E-state index is 0.273. The summed E-state index contributed by atoms with van der Waals surface area (Å²) in [7, 11) is 0. The number of amides is 1. The van der Waals surface area contributed by atoms with Gasteiger partial charge in [-0.3, -0.25) is 4.79 Å². The Hall–Kier alpha value is -0.570. The van der Waals surface area contributed by atoms with E-state index in [4.69, 9.17) is 5.73 Å². The summed E-state index contributed by atoms with van der Waals surface area (Å²) in [5.41, 5.74) is 6.02. The summed E-state index contributed by atoms with van der Waals surface area (Å²) in [5, 5.41) is 3.13. The summed E-state index contributed by atoms with van der Waals surface area (Å²) >= 11 is 0. The molecule has 0 saturated heterocycles. The second-order valence-electron chi connectivity index (χ2n) is 5.79. The lowest BCUT2D eigenvalue weighted by atomic mass is 9.98. The molecule has 1 amide bonds. The van der Waals surface area contributed by atoms with Gasteiger partial charge in [0.15, 0.2) is 0 Å². The molecular weight excluding hydrogens is 212 g/mol. The Bertz CT molecular complexity index is 247. The van der Waals surface area contributed by atoms with E-state index in [0.29, 0.717) is 12.0 Å². The summed E-state index contributed by atoms with van der Waals surface area (Å²) in [6.07, 6.45) is 10.8. The monoisotopic (exact) mass is 238 g/mol. The molecule has 0 radical (unpaired) electrons. The lowest BCUT2D eigenvalue weighted by Gasteiger charge is -2.19. The van der Waals surface area contributed by atoms with Crippen LogP contribution in [0.15, 0.2) is 0 Å². The highest BCUT2D eigenvalue weighted by atomic mass is 16.1. The van der Waals surface area contributed by atoms with Gasteiger partial charge in [-0.15, -0.1) is 0 Å². The highest BCUT2D eigenvalue weighted by Gasteiger charge is 2.26. The van der Waals surface area contributed by atoms with Crippen molar-refractivity contribution in [1.82, 2.24) is 5.32 Å². The fourth-order valence-electron chi connectivity index (χ4n) is 3.24. The molecular formula is C14H26N2O. The predicted molar refractivity (Wildman–Crippen MR) is 69.5 cm³/mol. The molecule has 2 rings (SSSR count). The van der Waals surface area contributed by atoms with Crippen LogP contribution in [-0.4, -0.2) is 18.5 Å². The third kappa shape index (κ3) is 3.70. The second-order valence-corrected chi connectivity index (χ2v) is 5.79. The SMILES string of the molecule is NC1CCCC1CNC(=O)C1CCCCCC1. The molecule has 0 aromatic rings. The zero-order valence-electron chi connectivity index (χ0n) is 10.8. The van der Waals surface area contributed by atoms with E-state index in [-0.39, 0.29) is 11.8 Å². The number of nitrogens with one attached hydrogen (secondary N) is 1. The van der Waals surface area contributed by atoms with Crippen LogP contribution in [0.25, 0.3) is 0 Å². The van der Waals surface area contributed by atoms with Crippen LogP contribution in [0.3, 0.4) is 0 Å². The Morgan fingerprint density at radius 2 is 1.71 bits per heavy atom. The van der Waals surface area contributed by atoms with Crippen LogP contribution >= 0.6 is 0 Å². The Morgan fingerprint density at radius 3 is 2.29 bits per heavy atom. The first-order valence-corrected chi connectivity index (χ1v) is 7.30. The molecule has 98 valence electrons. The number of carbonyl (C=O) groups excluding carboxylic acids is 1. The van der Waals surface area contributed by atoms with Gasteiger partial charge in [-0.05, 0) is 31.6 Å². The normalized spacial score (nSPS) is 31.1. The second kappa shape index (κ2) is 6.39. The summed E-state index contributed by atoms with van der Waals surface area (Å²) in [6, 6.07) is 0.310. The van der Waals surface area contributed by atoms with E-state index < -0.39 is 0 Å². The Labute approximate surface area is 105 Å². The number of carbonyl (C=O) groups is 1. The van der Waals surface area contributed by atoms with E-state index >= 15 is 0 Å². The van der Waals surface area contributed by atoms with Gasteiger partial charge in [-0.1, -0.05) is 32.1 Å². The fourth-order valence-corrected chi connectivity index (χ4v) is 3.24. The largest absolute Gasteiger partial charge is 0.356 e. The van der Waals surface area contributed by atoms with Gasteiger partial charge >= 0.3 is 0 Å². The molecule has 0 spiro atoms. The van der Waals surface area contributed by atoms with Gasteiger partial charge in [0.1, 0.15) is 0 Å². The Balaban J connectivity index is 1.72. The minimum atomic E-state index is 0.273. The molecule has 3 N–H and O–H groups in total. The van der Waals surface area contributed by atoms with Crippen molar-refractivity contribution in [3.63, 3.8) is 0 Å². The Kier molecular flexibility index (Phi) is 4.84. The highest BCUT2D eigenvalue weighted by Crippen LogP contribution is 2.25. The maximum Gasteiger partial charge on any atom is 0.223 e. The van der Waals surface area contributed by atoms with E-state index in [1.807, 2.05) is 0 Å². The quantitative estimate of drug-likeness (QED) is 0.741. The van der Waals surface area contributed by atoms with Gasteiger partial charge in [-0.2, -0.15) is 0 Å². The molecule has 0 bridgehead atoms. The summed E-state index contributed by atoms with van der Waals surface area (Å²) < 4.78 is 0. The molecule has 2 aliphatic carbocycles. The minimum Gasteiger partial charge on any atom is -0.356 e. The topological polar surface area (TPSA) is 55.1 Å². The standard InChI is InChI=1S/C14H26N2O/c15-13-9-5-8-12(13)10-16-14(17)11-6-3-1-2-4-7-11/h11-13H,1-10,15H2,(H,16,17). The van der Waals surface area contributed by atoms with Crippen molar-refractivity contribution < 1.29 is 4.79 Å². The fraction of sp³-hybridized carbons (Fsp3) is 0.929. The first-order valence-electron chi connectivity index (χ1n) is 7.30. The molecule has 3 heteroatoms. The van der Waals surface area contributed by atoms with E-state index in [1.54, 1.807) is 0 Å². The number of hydrogen-bond donors (Lipinski definition) is 2. The average molecular weight is 238 g/mol. The van der Waals surface area contributed by atoms with Crippen LogP contribution in [0, 0.1) is 11.8 Å². The third-order valence-electron chi connectivity index (χ3n) is 4.48. The van der Waals surface area contributed by atoms with Gasteiger partial charge in [0.05, 0.1) is 0 Å². The van der Waals surface area contributed by atoms with E-state index in [0.717, 1.165) is 25.8 Å². The lowest BCUT2D eigenvalue weighted by molar-refractivity contribution is -0.125.